The van der Waals surface area contributed by atoms with E-state index in [4.69, 9.17) is 15.6 Å². The number of hydrogen-bond donors (Lipinski definition) is 3. The van der Waals surface area contributed by atoms with Crippen LogP contribution in [0.15, 0.2) is 0 Å². The van der Waals surface area contributed by atoms with Crippen molar-refractivity contribution in [3.8, 4) is 0 Å². The number of carboxylic acids is 2. The zero-order valence-electron chi connectivity index (χ0n) is 20.4. The van der Waals surface area contributed by atoms with Crippen molar-refractivity contribution >= 4 is 47.2 Å². The summed E-state index contributed by atoms with van der Waals surface area (Å²) in [6.07, 6.45) is 25.1. The molecule has 3 N–H and O–H groups in total. The first-order chi connectivity index (χ1) is 14.3. The first-order valence-corrected chi connectivity index (χ1v) is 12.3. The molecule has 0 saturated heterocycles. The predicted octanol–water partition coefficient (Wildman–Crippen LogP) is 7.60. The number of aliphatic carboxylic acids is 2. The van der Waals surface area contributed by atoms with Gasteiger partial charge in [-0.2, -0.15) is 0 Å². The van der Waals surface area contributed by atoms with Crippen LogP contribution in [-0.2, 0) is 9.59 Å². The summed E-state index contributed by atoms with van der Waals surface area (Å²) in [6.45, 7) is 7.41. The summed E-state index contributed by atoms with van der Waals surface area (Å²) in [7, 11) is 0. The number of hydrogen-bond acceptors (Lipinski definition) is 3. The number of unbranched alkanes of at least 4 members (excludes halogenated alkanes) is 16. The molecule has 0 aliphatic carbocycles. The average molecular weight is 454 g/mol. The molecule has 0 rings (SSSR count). The van der Waals surface area contributed by atoms with Crippen LogP contribution in [0.5, 0.6) is 0 Å². The molecule has 0 heterocycles. The molecule has 182 valence electrons. The summed E-state index contributed by atoms with van der Waals surface area (Å²) in [5.74, 6) is -1.90. The van der Waals surface area contributed by atoms with E-state index in [1.807, 2.05) is 0 Å². The molecule has 0 amide bonds. The SMILES string of the molecule is CC(=N)C(=O)O.CCC(=O)O.CCCCCCCCCCCCCCCCCCC.[NaH]. The van der Waals surface area contributed by atoms with Gasteiger partial charge in [0.15, 0.2) is 0 Å². The minimum atomic E-state index is -1.16. The van der Waals surface area contributed by atoms with Gasteiger partial charge in [-0.3, -0.25) is 10.2 Å². The Hall–Kier alpha value is -0.390. The topological polar surface area (TPSA) is 98.5 Å². The quantitative estimate of drug-likeness (QED) is 0.113. The van der Waals surface area contributed by atoms with Gasteiger partial charge < -0.3 is 10.2 Å². The number of carbonyl (C=O) groups is 2. The van der Waals surface area contributed by atoms with Gasteiger partial charge in [0.1, 0.15) is 5.71 Å². The Kier molecular flexibility index (Phi) is 41.8. The fourth-order valence-electron chi connectivity index (χ4n) is 2.80. The van der Waals surface area contributed by atoms with Crippen molar-refractivity contribution in [1.29, 1.82) is 5.41 Å². The second-order valence-electron chi connectivity index (χ2n) is 7.98. The van der Waals surface area contributed by atoms with E-state index in [0.717, 1.165) is 0 Å². The Morgan fingerprint density at radius 3 is 0.839 bits per heavy atom. The summed E-state index contributed by atoms with van der Waals surface area (Å²) in [6, 6.07) is 0. The van der Waals surface area contributed by atoms with E-state index in [0.29, 0.717) is 0 Å². The number of nitrogens with one attached hydrogen (secondary N) is 1. The second-order valence-corrected chi connectivity index (χ2v) is 7.98. The average Bonchev–Trinajstić information content (AvgIpc) is 2.71. The van der Waals surface area contributed by atoms with Crippen LogP contribution >= 0.6 is 0 Å². The zero-order chi connectivity index (χ0) is 23.5. The van der Waals surface area contributed by atoms with Gasteiger partial charge in [0.05, 0.1) is 0 Å². The molecule has 0 aromatic heterocycles. The van der Waals surface area contributed by atoms with Crippen LogP contribution in [0.4, 0.5) is 0 Å². The van der Waals surface area contributed by atoms with Crippen molar-refractivity contribution in [2.24, 2.45) is 0 Å². The number of rotatable bonds is 18. The van der Waals surface area contributed by atoms with Gasteiger partial charge in [-0.1, -0.05) is 130 Å². The van der Waals surface area contributed by atoms with Crippen LogP contribution in [0.25, 0.3) is 0 Å². The standard InChI is InChI=1S/C19H40.C3H5NO2.C3H6O2.Na.H/c1-3-5-7-9-11-13-15-17-19-18-16-14-12-10-8-6-4-2;1-2(4)3(5)6;1-2-3(4)5;;/h3-19H2,1-2H3;4H,1H3,(H,5,6);2H2,1H3,(H,4,5);;. The van der Waals surface area contributed by atoms with E-state index >= 15 is 0 Å². The van der Waals surface area contributed by atoms with E-state index in [-0.39, 0.29) is 41.7 Å². The van der Waals surface area contributed by atoms with E-state index in [1.54, 1.807) is 6.92 Å². The fraction of sp³-hybridized carbons (Fsp3) is 0.880. The molecule has 6 heteroatoms. The van der Waals surface area contributed by atoms with Crippen molar-refractivity contribution in [3.05, 3.63) is 0 Å². The van der Waals surface area contributed by atoms with Gasteiger partial charge in [-0.05, 0) is 6.92 Å². The minimum absolute atomic E-state index is 0. The molecule has 0 aromatic carbocycles. The van der Waals surface area contributed by atoms with Crippen molar-refractivity contribution < 1.29 is 19.8 Å². The molecule has 0 fully saturated rings. The van der Waals surface area contributed by atoms with Crippen LogP contribution in [0.3, 0.4) is 0 Å². The van der Waals surface area contributed by atoms with E-state index in [9.17, 15) is 9.59 Å². The number of carboxylic acid groups (broad SMARTS) is 2. The molecular formula is C25H52NNaO4. The Morgan fingerprint density at radius 2 is 0.742 bits per heavy atom. The van der Waals surface area contributed by atoms with Gasteiger partial charge in [-0.25, -0.2) is 4.79 Å². The molecule has 31 heavy (non-hydrogen) atoms. The van der Waals surface area contributed by atoms with Gasteiger partial charge in [0.2, 0.25) is 0 Å². The normalized spacial score (nSPS) is 9.42. The van der Waals surface area contributed by atoms with Crippen LogP contribution in [0, 0.1) is 5.41 Å². The Morgan fingerprint density at radius 1 is 0.581 bits per heavy atom. The Bertz CT molecular complexity index is 362. The molecule has 0 unspecified atom stereocenters. The third-order valence-electron chi connectivity index (χ3n) is 4.83. The van der Waals surface area contributed by atoms with Crippen LogP contribution in [0.1, 0.15) is 143 Å². The second kappa shape index (κ2) is 34.2. The molecular weight excluding hydrogens is 401 g/mol. The van der Waals surface area contributed by atoms with E-state index in [2.05, 4.69) is 13.8 Å². The van der Waals surface area contributed by atoms with E-state index in [1.165, 1.54) is 116 Å². The summed E-state index contributed by atoms with van der Waals surface area (Å²) in [5, 5.41) is 21.8. The molecule has 0 aliphatic rings. The third-order valence-corrected chi connectivity index (χ3v) is 4.83. The van der Waals surface area contributed by atoms with Crippen molar-refractivity contribution in [1.82, 2.24) is 0 Å². The van der Waals surface area contributed by atoms with Crippen LogP contribution in [0.2, 0.25) is 0 Å². The first-order valence-electron chi connectivity index (χ1n) is 12.3. The van der Waals surface area contributed by atoms with Crippen LogP contribution < -0.4 is 0 Å². The van der Waals surface area contributed by atoms with Crippen LogP contribution in [-0.4, -0.2) is 57.4 Å². The van der Waals surface area contributed by atoms with Gasteiger partial charge in [0, 0.05) is 6.42 Å². The van der Waals surface area contributed by atoms with Gasteiger partial charge >= 0.3 is 41.5 Å². The maximum absolute atomic E-state index is 9.47. The molecule has 0 aromatic rings. The predicted molar refractivity (Wildman–Crippen MR) is 136 cm³/mol. The molecule has 0 bridgehead atoms. The zero-order valence-corrected chi connectivity index (χ0v) is 20.4. The van der Waals surface area contributed by atoms with Gasteiger partial charge in [0.25, 0.3) is 0 Å². The Balaban J connectivity index is -0.000000250. The fourth-order valence-corrected chi connectivity index (χ4v) is 2.80. The van der Waals surface area contributed by atoms with Crippen molar-refractivity contribution in [2.75, 3.05) is 0 Å². The van der Waals surface area contributed by atoms with Gasteiger partial charge in [-0.15, -0.1) is 0 Å². The van der Waals surface area contributed by atoms with Crippen molar-refractivity contribution in [2.45, 2.75) is 143 Å². The molecule has 0 atom stereocenters. The summed E-state index contributed by atoms with van der Waals surface area (Å²) >= 11 is 0. The molecule has 5 nitrogen and oxygen atoms in total. The third kappa shape index (κ3) is 48.3. The summed E-state index contributed by atoms with van der Waals surface area (Å²) in [4.78, 5) is 18.8. The monoisotopic (exact) mass is 453 g/mol. The molecule has 0 aliphatic heterocycles. The summed E-state index contributed by atoms with van der Waals surface area (Å²) in [5.41, 5.74) is -0.324. The molecule has 0 radical (unpaired) electrons. The van der Waals surface area contributed by atoms with Crippen molar-refractivity contribution in [3.63, 3.8) is 0 Å². The first kappa shape index (κ1) is 37.9. The summed E-state index contributed by atoms with van der Waals surface area (Å²) < 4.78 is 0. The maximum atomic E-state index is 9.47. The van der Waals surface area contributed by atoms with E-state index < -0.39 is 11.9 Å². The molecule has 0 spiro atoms. The Labute approximate surface area is 215 Å². The molecule has 0 saturated carbocycles.